The molecule has 0 aliphatic rings. The summed E-state index contributed by atoms with van der Waals surface area (Å²) in [6.45, 7) is 6.19. The number of hydrogen-bond acceptors (Lipinski definition) is 4. The highest BCUT2D eigenvalue weighted by molar-refractivity contribution is 7.99. The van der Waals surface area contributed by atoms with Crippen molar-refractivity contribution in [3.05, 3.63) is 82.5 Å². The van der Waals surface area contributed by atoms with Gasteiger partial charge in [0.15, 0.2) is 0 Å². The molecule has 34 heavy (non-hydrogen) atoms. The van der Waals surface area contributed by atoms with E-state index in [0.717, 1.165) is 10.5 Å². The second-order valence-corrected chi connectivity index (χ2v) is 12.0. The summed E-state index contributed by atoms with van der Waals surface area (Å²) in [4.78, 5) is 13.9. The summed E-state index contributed by atoms with van der Waals surface area (Å²) in [5, 5.41) is 0. The van der Waals surface area contributed by atoms with Crippen molar-refractivity contribution in [3.63, 3.8) is 0 Å². The van der Waals surface area contributed by atoms with Crippen LogP contribution >= 0.6 is 11.8 Å². The van der Waals surface area contributed by atoms with Crippen molar-refractivity contribution in [3.8, 4) is 0 Å². The molecule has 178 valence electrons. The summed E-state index contributed by atoms with van der Waals surface area (Å²) in [5.74, 6) is -0.357. The molecule has 4 rings (SSSR count). The number of sulfonamides is 1. The smallest absolute Gasteiger partial charge is 0.295 e. The number of anilines is 1. The molecule has 0 saturated carbocycles. The molecule has 0 aliphatic carbocycles. The van der Waals surface area contributed by atoms with Crippen LogP contribution in [0.5, 0.6) is 0 Å². The number of benzene rings is 3. The van der Waals surface area contributed by atoms with Crippen molar-refractivity contribution in [1.29, 1.82) is 0 Å². The zero-order chi connectivity index (χ0) is 24.8. The number of nitrogens with one attached hydrogen (secondary N) is 1. The van der Waals surface area contributed by atoms with Gasteiger partial charge in [-0.05, 0) is 59.5 Å². The van der Waals surface area contributed by atoms with Gasteiger partial charge < -0.3 is 0 Å². The number of rotatable bonds is 5. The average Bonchev–Trinajstić information content (AvgIpc) is 2.98. The van der Waals surface area contributed by atoms with Gasteiger partial charge in [0, 0.05) is 23.9 Å². The molecule has 0 spiro atoms. The van der Waals surface area contributed by atoms with Crippen LogP contribution in [0.25, 0.3) is 11.0 Å². The van der Waals surface area contributed by atoms with Gasteiger partial charge in [-0.15, -0.1) is 0 Å². The van der Waals surface area contributed by atoms with Crippen molar-refractivity contribution in [2.45, 2.75) is 40.9 Å². The highest BCUT2D eigenvalue weighted by Crippen LogP contribution is 2.37. The fraction of sp³-hybridized carbons (Fsp3) is 0.240. The Kier molecular flexibility index (Phi) is 6.12. The molecule has 0 bridgehead atoms. The molecule has 9 heteroatoms. The minimum Gasteiger partial charge on any atom is -0.295 e. The quantitative estimate of drug-likeness (QED) is 0.406. The second-order valence-electron chi connectivity index (χ2n) is 9.17. The summed E-state index contributed by atoms with van der Waals surface area (Å²) in [7, 11) is -0.595. The molecule has 0 atom stereocenters. The molecule has 1 aromatic heterocycles. The molecular formula is C25H26FN3O3S2. The molecule has 0 fully saturated rings. The zero-order valence-corrected chi connectivity index (χ0v) is 21.2. The Balaban J connectivity index is 1.80. The minimum absolute atomic E-state index is 0.0994. The van der Waals surface area contributed by atoms with Crippen LogP contribution in [0.15, 0.2) is 80.1 Å². The van der Waals surface area contributed by atoms with Gasteiger partial charge >= 0.3 is 5.69 Å². The van der Waals surface area contributed by atoms with E-state index in [9.17, 15) is 17.6 Å². The molecule has 6 nitrogen and oxygen atoms in total. The third-order valence-corrected chi connectivity index (χ3v) is 8.14. The summed E-state index contributed by atoms with van der Waals surface area (Å²) in [6, 6.07) is 16.2. The van der Waals surface area contributed by atoms with Crippen LogP contribution in [-0.4, -0.2) is 17.6 Å². The summed E-state index contributed by atoms with van der Waals surface area (Å²) < 4.78 is 45.6. The van der Waals surface area contributed by atoms with E-state index in [-0.39, 0.29) is 21.8 Å². The molecule has 0 unspecified atom stereocenters. The Hall–Kier alpha value is -3.04. The lowest BCUT2D eigenvalue weighted by Gasteiger charge is -2.19. The molecule has 0 amide bonds. The van der Waals surface area contributed by atoms with E-state index in [1.165, 1.54) is 33.0 Å². The number of halogens is 1. The standard InChI is InChI=1S/C25H26FN3O3S2/c1-25(2,3)16-6-12-19(13-7-16)34(31,32)27-20-14-21-22(29(5)24(30)28(21)4)15-23(20)33-18-10-8-17(26)9-11-18/h6-15,27H,1-5H3. The normalized spacial score (nSPS) is 12.3. The fourth-order valence-corrected chi connectivity index (χ4v) is 5.71. The lowest BCUT2D eigenvalue weighted by molar-refractivity contribution is 0.587. The summed E-state index contributed by atoms with van der Waals surface area (Å²) in [6.07, 6.45) is 0. The predicted octanol–water partition coefficient (Wildman–Crippen LogP) is 5.27. The SMILES string of the molecule is Cn1c(=O)n(C)c2cc(Sc3ccc(F)cc3)c(NS(=O)(=O)c3ccc(C(C)(C)C)cc3)cc21. The van der Waals surface area contributed by atoms with Gasteiger partial charge in [-0.1, -0.05) is 44.7 Å². The first-order chi connectivity index (χ1) is 15.9. The predicted molar refractivity (Wildman–Crippen MR) is 135 cm³/mol. The second kappa shape index (κ2) is 8.63. The number of hydrogen-bond donors (Lipinski definition) is 1. The fourth-order valence-electron chi connectivity index (χ4n) is 3.66. The molecule has 0 radical (unpaired) electrons. The van der Waals surface area contributed by atoms with Gasteiger partial charge in [-0.25, -0.2) is 17.6 Å². The van der Waals surface area contributed by atoms with E-state index in [0.29, 0.717) is 21.6 Å². The molecule has 4 aromatic rings. The van der Waals surface area contributed by atoms with Crippen LogP contribution in [0.2, 0.25) is 0 Å². The monoisotopic (exact) mass is 499 g/mol. The van der Waals surface area contributed by atoms with Gasteiger partial charge in [0.2, 0.25) is 0 Å². The van der Waals surface area contributed by atoms with Gasteiger partial charge in [-0.3, -0.25) is 13.9 Å². The molecule has 0 aliphatic heterocycles. The van der Waals surface area contributed by atoms with E-state index < -0.39 is 10.0 Å². The summed E-state index contributed by atoms with van der Waals surface area (Å²) >= 11 is 1.29. The van der Waals surface area contributed by atoms with E-state index in [1.807, 2.05) is 12.1 Å². The summed E-state index contributed by atoms with van der Waals surface area (Å²) in [5.41, 5.74) is 2.30. The number of imidazole rings is 1. The van der Waals surface area contributed by atoms with Crippen molar-refractivity contribution >= 4 is 38.5 Å². The Morgan fingerprint density at radius 2 is 1.44 bits per heavy atom. The number of nitrogens with zero attached hydrogens (tertiary/aromatic N) is 2. The number of aryl methyl sites for hydroxylation is 2. The van der Waals surface area contributed by atoms with Crippen LogP contribution < -0.4 is 10.4 Å². The third kappa shape index (κ3) is 4.63. The molecule has 1 N–H and O–H groups in total. The van der Waals surface area contributed by atoms with Crippen molar-refractivity contribution in [2.24, 2.45) is 14.1 Å². The highest BCUT2D eigenvalue weighted by Gasteiger charge is 2.21. The van der Waals surface area contributed by atoms with E-state index >= 15 is 0 Å². The maximum atomic E-state index is 13.4. The van der Waals surface area contributed by atoms with Crippen LogP contribution in [0.4, 0.5) is 10.1 Å². The van der Waals surface area contributed by atoms with Crippen LogP contribution in [0, 0.1) is 5.82 Å². The molecule has 1 heterocycles. The van der Waals surface area contributed by atoms with Gasteiger partial charge in [-0.2, -0.15) is 0 Å². The zero-order valence-electron chi connectivity index (χ0n) is 19.6. The van der Waals surface area contributed by atoms with Crippen molar-refractivity contribution < 1.29 is 12.8 Å². The average molecular weight is 500 g/mol. The van der Waals surface area contributed by atoms with Crippen molar-refractivity contribution in [2.75, 3.05) is 4.72 Å². The Morgan fingerprint density at radius 3 is 2.00 bits per heavy atom. The maximum Gasteiger partial charge on any atom is 0.328 e. The molecule has 3 aromatic carbocycles. The first kappa shape index (κ1) is 24.1. The number of fused-ring (bicyclic) bond motifs is 1. The van der Waals surface area contributed by atoms with E-state index in [1.54, 1.807) is 50.5 Å². The largest absolute Gasteiger partial charge is 0.328 e. The topological polar surface area (TPSA) is 73.1 Å². The first-order valence-corrected chi connectivity index (χ1v) is 12.9. The molecular weight excluding hydrogens is 473 g/mol. The van der Waals surface area contributed by atoms with Gasteiger partial charge in [0.1, 0.15) is 5.82 Å². The lowest BCUT2D eigenvalue weighted by Crippen LogP contribution is -2.19. The van der Waals surface area contributed by atoms with Gasteiger partial charge in [0.05, 0.1) is 21.6 Å². The van der Waals surface area contributed by atoms with Gasteiger partial charge in [0.25, 0.3) is 10.0 Å². The van der Waals surface area contributed by atoms with Crippen molar-refractivity contribution in [1.82, 2.24) is 9.13 Å². The van der Waals surface area contributed by atoms with E-state index in [4.69, 9.17) is 0 Å². The first-order valence-electron chi connectivity index (χ1n) is 10.6. The Morgan fingerprint density at radius 1 is 0.882 bits per heavy atom. The Labute approximate surface area is 202 Å². The highest BCUT2D eigenvalue weighted by atomic mass is 32.2. The Bertz CT molecular complexity index is 1530. The van der Waals surface area contributed by atoms with E-state index in [2.05, 4.69) is 25.5 Å². The number of aromatic nitrogens is 2. The lowest BCUT2D eigenvalue weighted by atomic mass is 9.87. The van der Waals surface area contributed by atoms with Crippen LogP contribution in [-0.2, 0) is 29.5 Å². The molecule has 0 saturated heterocycles. The van der Waals surface area contributed by atoms with Crippen LogP contribution in [0.1, 0.15) is 26.3 Å². The minimum atomic E-state index is -3.90. The third-order valence-electron chi connectivity index (χ3n) is 5.69. The van der Waals surface area contributed by atoms with Crippen LogP contribution in [0.3, 0.4) is 0 Å². The maximum absolute atomic E-state index is 13.4.